The number of piperazine rings is 1. The lowest BCUT2D eigenvalue weighted by atomic mass is 10.3. The molecular formula is C14H18N6O. The van der Waals surface area contributed by atoms with Crippen molar-refractivity contribution in [1.82, 2.24) is 24.4 Å². The zero-order valence-corrected chi connectivity index (χ0v) is 12.0. The Kier molecular flexibility index (Phi) is 3.62. The van der Waals surface area contributed by atoms with E-state index in [1.54, 1.807) is 4.57 Å². The Bertz CT molecular complexity index is 747. The van der Waals surface area contributed by atoms with Crippen LogP contribution < -0.4 is 15.9 Å². The minimum absolute atomic E-state index is 0.123. The lowest BCUT2D eigenvalue weighted by molar-refractivity contribution is 0.584. The van der Waals surface area contributed by atoms with Crippen LogP contribution in [0.1, 0.15) is 6.92 Å². The van der Waals surface area contributed by atoms with Crippen molar-refractivity contribution >= 4 is 17.0 Å². The molecule has 1 aliphatic heterocycles. The Morgan fingerprint density at radius 2 is 2.10 bits per heavy atom. The van der Waals surface area contributed by atoms with E-state index < -0.39 is 0 Å². The molecule has 1 saturated heterocycles. The average molecular weight is 286 g/mol. The van der Waals surface area contributed by atoms with Crippen molar-refractivity contribution in [1.29, 1.82) is 0 Å². The van der Waals surface area contributed by atoms with Gasteiger partial charge >= 0.3 is 5.69 Å². The molecule has 3 heterocycles. The number of anilines is 1. The van der Waals surface area contributed by atoms with E-state index in [2.05, 4.69) is 26.1 Å². The maximum atomic E-state index is 12.5. The first-order valence-electron chi connectivity index (χ1n) is 7.11. The molecule has 0 unspecified atom stereocenters. The molecule has 0 atom stereocenters. The van der Waals surface area contributed by atoms with E-state index >= 15 is 0 Å². The summed E-state index contributed by atoms with van der Waals surface area (Å²) in [6, 6.07) is 0. The third-order valence-corrected chi connectivity index (χ3v) is 3.75. The molecule has 0 saturated carbocycles. The Morgan fingerprint density at radius 3 is 2.76 bits per heavy atom. The molecule has 3 rings (SSSR count). The molecule has 0 aliphatic carbocycles. The van der Waals surface area contributed by atoms with E-state index in [0.29, 0.717) is 12.2 Å². The maximum absolute atomic E-state index is 12.5. The third-order valence-electron chi connectivity index (χ3n) is 3.75. The molecule has 110 valence electrons. The second-order valence-electron chi connectivity index (χ2n) is 4.92. The first kappa shape index (κ1) is 13.6. The van der Waals surface area contributed by atoms with E-state index in [-0.39, 0.29) is 12.2 Å². The van der Waals surface area contributed by atoms with Gasteiger partial charge in [-0.15, -0.1) is 6.42 Å². The third kappa shape index (κ3) is 2.17. The predicted octanol–water partition coefficient (Wildman–Crippen LogP) is -0.344. The quantitative estimate of drug-likeness (QED) is 0.782. The van der Waals surface area contributed by atoms with Gasteiger partial charge in [-0.1, -0.05) is 5.92 Å². The maximum Gasteiger partial charge on any atom is 0.331 e. The van der Waals surface area contributed by atoms with Crippen LogP contribution in [-0.4, -0.2) is 45.3 Å². The summed E-state index contributed by atoms with van der Waals surface area (Å²) >= 11 is 0. The number of nitrogens with one attached hydrogen (secondary N) is 1. The van der Waals surface area contributed by atoms with Crippen molar-refractivity contribution in [2.75, 3.05) is 31.1 Å². The van der Waals surface area contributed by atoms with Crippen molar-refractivity contribution in [2.24, 2.45) is 0 Å². The van der Waals surface area contributed by atoms with Gasteiger partial charge in [-0.05, 0) is 6.92 Å². The van der Waals surface area contributed by atoms with Crippen LogP contribution in [-0.2, 0) is 13.1 Å². The molecule has 1 N–H and O–H groups in total. The number of hydrogen-bond acceptors (Lipinski definition) is 5. The van der Waals surface area contributed by atoms with Gasteiger partial charge < -0.3 is 10.2 Å². The number of hydrogen-bond donors (Lipinski definition) is 1. The molecule has 0 amide bonds. The molecule has 7 heteroatoms. The molecule has 2 aromatic heterocycles. The molecule has 1 aliphatic rings. The standard InChI is InChI=1S/C14H18N6O/c1-3-7-20-13-11(19(4-2)14(20)21)12(16-10-17-13)18-8-5-15-6-9-18/h1,10,15H,4-9H2,2H3. The van der Waals surface area contributed by atoms with Gasteiger partial charge in [0.25, 0.3) is 0 Å². The highest BCUT2D eigenvalue weighted by Crippen LogP contribution is 2.22. The Morgan fingerprint density at radius 1 is 1.33 bits per heavy atom. The van der Waals surface area contributed by atoms with Gasteiger partial charge in [0.05, 0.1) is 6.54 Å². The van der Waals surface area contributed by atoms with Crippen molar-refractivity contribution < 1.29 is 0 Å². The molecule has 1 fully saturated rings. The fourth-order valence-electron chi connectivity index (χ4n) is 2.77. The van der Waals surface area contributed by atoms with Crippen LogP contribution in [0.5, 0.6) is 0 Å². The van der Waals surface area contributed by atoms with Crippen molar-refractivity contribution in [3.05, 3.63) is 16.8 Å². The minimum atomic E-state index is -0.123. The van der Waals surface area contributed by atoms with Crippen molar-refractivity contribution in [2.45, 2.75) is 20.0 Å². The molecule has 0 bridgehead atoms. The second kappa shape index (κ2) is 5.58. The normalized spacial score (nSPS) is 15.3. The molecule has 2 aromatic rings. The number of fused-ring (bicyclic) bond motifs is 1. The minimum Gasteiger partial charge on any atom is -0.352 e. The van der Waals surface area contributed by atoms with Crippen LogP contribution in [0.25, 0.3) is 11.2 Å². The fourth-order valence-corrected chi connectivity index (χ4v) is 2.77. The van der Waals surface area contributed by atoms with E-state index in [9.17, 15) is 4.79 Å². The van der Waals surface area contributed by atoms with Gasteiger partial charge in [0, 0.05) is 32.7 Å². The first-order chi connectivity index (χ1) is 10.3. The van der Waals surface area contributed by atoms with E-state index in [4.69, 9.17) is 6.42 Å². The Balaban J connectivity index is 2.24. The lowest BCUT2D eigenvalue weighted by Crippen LogP contribution is -2.44. The van der Waals surface area contributed by atoms with Crippen LogP contribution in [0, 0.1) is 12.3 Å². The van der Waals surface area contributed by atoms with Crippen molar-refractivity contribution in [3.8, 4) is 12.3 Å². The highest BCUT2D eigenvalue weighted by molar-refractivity contribution is 5.84. The molecule has 0 aromatic carbocycles. The van der Waals surface area contributed by atoms with Gasteiger partial charge in [0.2, 0.25) is 0 Å². The van der Waals surface area contributed by atoms with E-state index in [1.165, 1.54) is 10.9 Å². The highest BCUT2D eigenvalue weighted by atomic mass is 16.1. The van der Waals surface area contributed by atoms with Gasteiger partial charge in [0.1, 0.15) is 11.8 Å². The summed E-state index contributed by atoms with van der Waals surface area (Å²) in [5.74, 6) is 3.33. The number of terminal acetylenes is 1. The summed E-state index contributed by atoms with van der Waals surface area (Å²) in [4.78, 5) is 23.4. The topological polar surface area (TPSA) is 68.0 Å². The summed E-state index contributed by atoms with van der Waals surface area (Å²) < 4.78 is 3.23. The second-order valence-corrected chi connectivity index (χ2v) is 4.92. The van der Waals surface area contributed by atoms with Crippen LogP contribution in [0.3, 0.4) is 0 Å². The monoisotopic (exact) mass is 286 g/mol. The molecule has 0 radical (unpaired) electrons. The zero-order chi connectivity index (χ0) is 14.8. The van der Waals surface area contributed by atoms with Gasteiger partial charge in [-0.25, -0.2) is 14.8 Å². The summed E-state index contributed by atoms with van der Waals surface area (Å²) in [7, 11) is 0. The summed E-state index contributed by atoms with van der Waals surface area (Å²) in [6.07, 6.45) is 6.88. The number of imidazole rings is 1. The van der Waals surface area contributed by atoms with Gasteiger partial charge in [0.15, 0.2) is 11.5 Å². The van der Waals surface area contributed by atoms with Crippen LogP contribution in [0.4, 0.5) is 5.82 Å². The number of rotatable bonds is 3. The van der Waals surface area contributed by atoms with Gasteiger partial charge in [-0.2, -0.15) is 0 Å². The van der Waals surface area contributed by atoms with E-state index in [1.807, 2.05) is 6.92 Å². The highest BCUT2D eigenvalue weighted by Gasteiger charge is 2.21. The summed E-state index contributed by atoms with van der Waals surface area (Å²) in [5.41, 5.74) is 1.27. The SMILES string of the molecule is C#CCn1c(=O)n(CC)c2c(N3CCNCC3)ncnc21. The molecule has 21 heavy (non-hydrogen) atoms. The number of aromatic nitrogens is 4. The zero-order valence-electron chi connectivity index (χ0n) is 12.0. The Hall–Kier alpha value is -2.33. The van der Waals surface area contributed by atoms with Crippen LogP contribution in [0.15, 0.2) is 11.1 Å². The smallest absolute Gasteiger partial charge is 0.331 e. The molecular weight excluding hydrogens is 268 g/mol. The number of nitrogens with zero attached hydrogens (tertiary/aromatic N) is 5. The van der Waals surface area contributed by atoms with Crippen LogP contribution >= 0.6 is 0 Å². The first-order valence-corrected chi connectivity index (χ1v) is 7.11. The fraction of sp³-hybridized carbons (Fsp3) is 0.500. The summed E-state index contributed by atoms with van der Waals surface area (Å²) in [6.45, 7) is 6.28. The molecule has 7 nitrogen and oxygen atoms in total. The van der Waals surface area contributed by atoms with Gasteiger partial charge in [-0.3, -0.25) is 9.13 Å². The average Bonchev–Trinajstić information content (AvgIpc) is 2.80. The lowest BCUT2D eigenvalue weighted by Gasteiger charge is -2.28. The largest absolute Gasteiger partial charge is 0.352 e. The predicted molar refractivity (Wildman–Crippen MR) is 81.4 cm³/mol. The summed E-state index contributed by atoms with van der Waals surface area (Å²) in [5, 5.41) is 3.31. The van der Waals surface area contributed by atoms with Crippen LogP contribution in [0.2, 0.25) is 0 Å². The molecule has 0 spiro atoms. The Labute approximate surface area is 122 Å². The van der Waals surface area contributed by atoms with E-state index in [0.717, 1.165) is 37.5 Å². The number of aryl methyl sites for hydroxylation is 1. The van der Waals surface area contributed by atoms with Crippen molar-refractivity contribution in [3.63, 3.8) is 0 Å².